The predicted molar refractivity (Wildman–Crippen MR) is 86.2 cm³/mol. The SMILES string of the molecule is C1CC2CNCC2N(CCC23CC4CC(CC(C4)C2)C3)C1. The van der Waals surface area contributed by atoms with E-state index in [0.717, 1.165) is 35.1 Å². The maximum atomic E-state index is 3.65. The molecule has 6 aliphatic rings. The molecular formula is C19H32N2. The van der Waals surface area contributed by atoms with Crippen LogP contribution in [0.4, 0.5) is 0 Å². The third kappa shape index (κ3) is 2.28. The summed E-state index contributed by atoms with van der Waals surface area (Å²) in [5, 5.41) is 3.65. The number of hydrogen-bond donors (Lipinski definition) is 1. The molecule has 0 spiro atoms. The Labute approximate surface area is 130 Å². The highest BCUT2D eigenvalue weighted by Gasteiger charge is 2.50. The van der Waals surface area contributed by atoms with Gasteiger partial charge >= 0.3 is 0 Å². The van der Waals surface area contributed by atoms with Gasteiger partial charge in [0.05, 0.1) is 0 Å². The molecule has 0 amide bonds. The molecule has 4 bridgehead atoms. The van der Waals surface area contributed by atoms with Gasteiger partial charge in [0.2, 0.25) is 0 Å². The van der Waals surface area contributed by atoms with Gasteiger partial charge in [0.15, 0.2) is 0 Å². The van der Waals surface area contributed by atoms with Crippen LogP contribution in [0.15, 0.2) is 0 Å². The highest BCUT2D eigenvalue weighted by atomic mass is 15.2. The maximum absolute atomic E-state index is 3.65. The quantitative estimate of drug-likeness (QED) is 0.857. The van der Waals surface area contributed by atoms with Crippen molar-refractivity contribution in [3.63, 3.8) is 0 Å². The van der Waals surface area contributed by atoms with Crippen molar-refractivity contribution in [3.05, 3.63) is 0 Å². The van der Waals surface area contributed by atoms with Gasteiger partial charge in [-0.25, -0.2) is 0 Å². The highest BCUT2D eigenvalue weighted by Crippen LogP contribution is 2.61. The zero-order chi connectivity index (χ0) is 13.9. The van der Waals surface area contributed by atoms with Crippen molar-refractivity contribution in [2.45, 2.75) is 63.8 Å². The fourth-order valence-electron chi connectivity index (χ4n) is 7.42. The van der Waals surface area contributed by atoms with E-state index in [0.29, 0.717) is 0 Å². The zero-order valence-corrected chi connectivity index (χ0v) is 13.5. The minimum Gasteiger partial charge on any atom is -0.315 e. The van der Waals surface area contributed by atoms with Crippen molar-refractivity contribution >= 4 is 0 Å². The summed E-state index contributed by atoms with van der Waals surface area (Å²) in [6.07, 6.45) is 14.0. The van der Waals surface area contributed by atoms with Gasteiger partial charge in [-0.1, -0.05) is 0 Å². The van der Waals surface area contributed by atoms with E-state index < -0.39 is 0 Å². The van der Waals surface area contributed by atoms with Crippen LogP contribution in [0, 0.1) is 29.1 Å². The fourth-order valence-corrected chi connectivity index (χ4v) is 7.42. The van der Waals surface area contributed by atoms with Gasteiger partial charge in [0.25, 0.3) is 0 Å². The Morgan fingerprint density at radius 3 is 2.38 bits per heavy atom. The zero-order valence-electron chi connectivity index (χ0n) is 13.5. The molecule has 2 heteroatoms. The topological polar surface area (TPSA) is 15.3 Å². The van der Waals surface area contributed by atoms with Gasteiger partial charge in [-0.15, -0.1) is 0 Å². The van der Waals surface area contributed by atoms with Crippen LogP contribution in [0.5, 0.6) is 0 Å². The number of hydrogen-bond acceptors (Lipinski definition) is 2. The van der Waals surface area contributed by atoms with Crippen LogP contribution >= 0.6 is 0 Å². The lowest BCUT2D eigenvalue weighted by Crippen LogP contribution is -2.50. The Hall–Kier alpha value is -0.0800. The minimum atomic E-state index is 0.785. The number of likely N-dealkylation sites (tertiary alicyclic amines) is 1. The summed E-state index contributed by atoms with van der Waals surface area (Å²) in [5.74, 6) is 4.34. The molecule has 118 valence electrons. The van der Waals surface area contributed by atoms with E-state index in [1.165, 1.54) is 45.4 Å². The summed E-state index contributed by atoms with van der Waals surface area (Å²) in [4.78, 5) is 2.88. The molecule has 2 nitrogen and oxygen atoms in total. The van der Waals surface area contributed by atoms with E-state index in [2.05, 4.69) is 10.2 Å². The first-order chi connectivity index (χ1) is 10.3. The van der Waals surface area contributed by atoms with Gasteiger partial charge < -0.3 is 5.32 Å². The Bertz CT molecular complexity index is 369. The second-order valence-corrected chi connectivity index (χ2v) is 9.33. The van der Waals surface area contributed by atoms with E-state index in [4.69, 9.17) is 0 Å². The minimum absolute atomic E-state index is 0.785. The van der Waals surface area contributed by atoms with E-state index in [1.54, 1.807) is 38.5 Å². The van der Waals surface area contributed by atoms with Crippen molar-refractivity contribution in [1.29, 1.82) is 0 Å². The molecule has 4 aliphatic carbocycles. The largest absolute Gasteiger partial charge is 0.315 e. The van der Waals surface area contributed by atoms with Gasteiger partial charge in [-0.3, -0.25) is 4.90 Å². The van der Waals surface area contributed by atoms with Crippen LogP contribution in [0.2, 0.25) is 0 Å². The average Bonchev–Trinajstić information content (AvgIpc) is 2.92. The summed E-state index contributed by atoms with van der Waals surface area (Å²) < 4.78 is 0. The lowest BCUT2D eigenvalue weighted by atomic mass is 9.49. The Morgan fingerprint density at radius 1 is 0.952 bits per heavy atom. The summed E-state index contributed by atoms with van der Waals surface area (Å²) in [7, 11) is 0. The first-order valence-corrected chi connectivity index (χ1v) is 9.74. The molecule has 0 aromatic carbocycles. The van der Waals surface area contributed by atoms with Crippen molar-refractivity contribution in [3.8, 4) is 0 Å². The molecular weight excluding hydrogens is 256 g/mol. The van der Waals surface area contributed by atoms with E-state index in [9.17, 15) is 0 Å². The predicted octanol–water partition coefficient (Wildman–Crippen LogP) is 3.28. The Morgan fingerprint density at radius 2 is 1.67 bits per heavy atom. The molecule has 6 rings (SSSR count). The molecule has 2 unspecified atom stereocenters. The standard InChI is InChI=1S/C19H32N2/c1-2-17-12-20-13-18(17)21(4-1)5-3-19-9-14-6-15(10-19)8-16(7-14)11-19/h14-18,20H,1-13H2. The van der Waals surface area contributed by atoms with E-state index >= 15 is 0 Å². The average molecular weight is 288 g/mol. The van der Waals surface area contributed by atoms with Crippen LogP contribution in [-0.2, 0) is 0 Å². The number of nitrogens with one attached hydrogen (secondary N) is 1. The summed E-state index contributed by atoms with van der Waals surface area (Å²) in [6.45, 7) is 5.36. The van der Waals surface area contributed by atoms with Crippen molar-refractivity contribution in [1.82, 2.24) is 10.2 Å². The summed E-state index contributed by atoms with van der Waals surface area (Å²) >= 11 is 0. The number of rotatable bonds is 3. The first kappa shape index (κ1) is 13.4. The molecule has 2 atom stereocenters. The van der Waals surface area contributed by atoms with Crippen LogP contribution < -0.4 is 5.32 Å². The Balaban J connectivity index is 1.26. The molecule has 0 radical (unpaired) electrons. The van der Waals surface area contributed by atoms with Gasteiger partial charge in [-0.2, -0.15) is 0 Å². The van der Waals surface area contributed by atoms with Gasteiger partial charge in [0.1, 0.15) is 0 Å². The number of piperidine rings is 1. The van der Waals surface area contributed by atoms with Crippen LogP contribution in [0.1, 0.15) is 57.8 Å². The van der Waals surface area contributed by atoms with Crippen LogP contribution in [0.25, 0.3) is 0 Å². The Kier molecular flexibility index (Phi) is 3.16. The molecule has 21 heavy (non-hydrogen) atoms. The summed E-state index contributed by atoms with van der Waals surface area (Å²) in [6, 6.07) is 0.882. The molecule has 4 saturated carbocycles. The second-order valence-electron chi connectivity index (χ2n) is 9.33. The van der Waals surface area contributed by atoms with E-state index in [1.807, 2.05) is 0 Å². The van der Waals surface area contributed by atoms with Crippen LogP contribution in [-0.4, -0.2) is 37.1 Å². The number of fused-ring (bicyclic) bond motifs is 1. The normalized spacial score (nSPS) is 52.3. The monoisotopic (exact) mass is 288 g/mol. The third-order valence-corrected chi connectivity index (χ3v) is 7.89. The van der Waals surface area contributed by atoms with E-state index in [-0.39, 0.29) is 0 Å². The lowest BCUT2D eigenvalue weighted by Gasteiger charge is -2.57. The van der Waals surface area contributed by atoms with Gasteiger partial charge in [0, 0.05) is 12.6 Å². The van der Waals surface area contributed by atoms with Crippen molar-refractivity contribution in [2.75, 3.05) is 26.2 Å². The lowest BCUT2D eigenvalue weighted by molar-refractivity contribution is -0.0638. The summed E-state index contributed by atoms with van der Waals surface area (Å²) in [5.41, 5.74) is 0.785. The second kappa shape index (κ2) is 4.96. The maximum Gasteiger partial charge on any atom is 0.0260 e. The van der Waals surface area contributed by atoms with Crippen LogP contribution in [0.3, 0.4) is 0 Å². The molecule has 6 fully saturated rings. The molecule has 2 aliphatic heterocycles. The molecule has 1 N–H and O–H groups in total. The fraction of sp³-hybridized carbons (Fsp3) is 1.00. The molecule has 2 heterocycles. The van der Waals surface area contributed by atoms with Gasteiger partial charge in [-0.05, 0) is 107 Å². The van der Waals surface area contributed by atoms with Crippen molar-refractivity contribution in [2.24, 2.45) is 29.1 Å². The third-order valence-electron chi connectivity index (χ3n) is 7.89. The highest BCUT2D eigenvalue weighted by molar-refractivity contribution is 5.02. The van der Waals surface area contributed by atoms with Crippen molar-refractivity contribution < 1.29 is 0 Å². The molecule has 2 saturated heterocycles. The molecule has 0 aromatic rings. The smallest absolute Gasteiger partial charge is 0.0260 e. The number of nitrogens with zero attached hydrogens (tertiary/aromatic N) is 1. The first-order valence-electron chi connectivity index (χ1n) is 9.74. The molecule has 0 aromatic heterocycles.